The summed E-state index contributed by atoms with van der Waals surface area (Å²) in [6.45, 7) is 4.05. The quantitative estimate of drug-likeness (QED) is 0.935. The van der Waals surface area contributed by atoms with E-state index in [4.69, 9.17) is 0 Å². The zero-order valence-corrected chi connectivity index (χ0v) is 12.8. The molecule has 0 radical (unpaired) electrons. The topological polar surface area (TPSA) is 53.9 Å². The predicted octanol–water partition coefficient (Wildman–Crippen LogP) is 2.63. The van der Waals surface area contributed by atoms with Crippen LogP contribution in [0.25, 0.3) is 0 Å². The molecule has 1 atom stereocenters. The summed E-state index contributed by atoms with van der Waals surface area (Å²) in [4.78, 5) is 15.0. The SMILES string of the molecule is Cc1cc(Br)cnc1N1CCC(Nc2ccncn2)C1. The van der Waals surface area contributed by atoms with Crippen molar-refractivity contribution in [2.75, 3.05) is 23.3 Å². The van der Waals surface area contributed by atoms with Gasteiger partial charge in [0, 0.05) is 36.0 Å². The van der Waals surface area contributed by atoms with Crippen LogP contribution >= 0.6 is 15.9 Å². The minimum Gasteiger partial charge on any atom is -0.365 e. The molecular formula is C14H16BrN5. The molecule has 3 rings (SSSR count). The van der Waals surface area contributed by atoms with Gasteiger partial charge in [-0.15, -0.1) is 0 Å². The van der Waals surface area contributed by atoms with Crippen LogP contribution in [-0.2, 0) is 0 Å². The van der Waals surface area contributed by atoms with Crippen LogP contribution in [0.5, 0.6) is 0 Å². The van der Waals surface area contributed by atoms with Gasteiger partial charge in [-0.2, -0.15) is 0 Å². The van der Waals surface area contributed by atoms with Crippen LogP contribution in [0.2, 0.25) is 0 Å². The van der Waals surface area contributed by atoms with Crippen LogP contribution in [0.15, 0.2) is 35.3 Å². The lowest BCUT2D eigenvalue weighted by Crippen LogP contribution is -2.27. The Morgan fingerprint density at radius 3 is 3.05 bits per heavy atom. The number of rotatable bonds is 3. The van der Waals surface area contributed by atoms with Gasteiger partial charge in [0.05, 0.1) is 0 Å². The summed E-state index contributed by atoms with van der Waals surface area (Å²) in [6, 6.07) is 4.40. The second kappa shape index (κ2) is 5.75. The fourth-order valence-electron chi connectivity index (χ4n) is 2.52. The van der Waals surface area contributed by atoms with Gasteiger partial charge >= 0.3 is 0 Å². The molecule has 1 fully saturated rings. The molecule has 0 bridgehead atoms. The maximum atomic E-state index is 4.53. The minimum absolute atomic E-state index is 0.398. The molecule has 1 aliphatic rings. The van der Waals surface area contributed by atoms with Crippen LogP contribution in [-0.4, -0.2) is 34.1 Å². The third-order valence-corrected chi connectivity index (χ3v) is 3.87. The summed E-state index contributed by atoms with van der Waals surface area (Å²) < 4.78 is 1.02. The molecule has 1 unspecified atom stereocenters. The maximum Gasteiger partial charge on any atom is 0.131 e. The fraction of sp³-hybridized carbons (Fsp3) is 0.357. The van der Waals surface area contributed by atoms with Crippen LogP contribution in [0.4, 0.5) is 11.6 Å². The predicted molar refractivity (Wildman–Crippen MR) is 82.9 cm³/mol. The van der Waals surface area contributed by atoms with Gasteiger partial charge in [-0.05, 0) is 47.0 Å². The van der Waals surface area contributed by atoms with E-state index in [0.29, 0.717) is 6.04 Å². The molecule has 0 spiro atoms. The highest BCUT2D eigenvalue weighted by molar-refractivity contribution is 9.10. The van der Waals surface area contributed by atoms with Crippen molar-refractivity contribution in [3.8, 4) is 0 Å². The third-order valence-electron chi connectivity index (χ3n) is 3.44. The summed E-state index contributed by atoms with van der Waals surface area (Å²) in [6.07, 6.45) is 6.26. The van der Waals surface area contributed by atoms with Crippen LogP contribution in [0, 0.1) is 6.92 Å². The van der Waals surface area contributed by atoms with Crippen LogP contribution in [0.1, 0.15) is 12.0 Å². The molecule has 3 heterocycles. The molecule has 104 valence electrons. The van der Waals surface area contributed by atoms with Crippen LogP contribution < -0.4 is 10.2 Å². The van der Waals surface area contributed by atoms with Crippen molar-refractivity contribution in [1.29, 1.82) is 0 Å². The molecule has 5 nitrogen and oxygen atoms in total. The van der Waals surface area contributed by atoms with E-state index in [9.17, 15) is 0 Å². The van der Waals surface area contributed by atoms with Gasteiger partial charge in [-0.25, -0.2) is 15.0 Å². The molecule has 6 heteroatoms. The molecular weight excluding hydrogens is 318 g/mol. The Hall–Kier alpha value is -1.69. The third kappa shape index (κ3) is 2.90. The molecule has 0 aliphatic carbocycles. The molecule has 1 saturated heterocycles. The van der Waals surface area contributed by atoms with Crippen molar-refractivity contribution in [2.45, 2.75) is 19.4 Å². The Morgan fingerprint density at radius 1 is 1.40 bits per heavy atom. The number of halogens is 1. The Morgan fingerprint density at radius 2 is 2.30 bits per heavy atom. The first-order valence-electron chi connectivity index (χ1n) is 6.62. The number of hydrogen-bond donors (Lipinski definition) is 1. The minimum atomic E-state index is 0.398. The van der Waals surface area contributed by atoms with Crippen molar-refractivity contribution in [2.24, 2.45) is 0 Å². The molecule has 20 heavy (non-hydrogen) atoms. The number of nitrogens with one attached hydrogen (secondary N) is 1. The van der Waals surface area contributed by atoms with E-state index < -0.39 is 0 Å². The first kappa shape index (κ1) is 13.3. The van der Waals surface area contributed by atoms with Crippen molar-refractivity contribution < 1.29 is 0 Å². The highest BCUT2D eigenvalue weighted by atomic mass is 79.9. The monoisotopic (exact) mass is 333 g/mol. The first-order chi connectivity index (χ1) is 9.72. The van der Waals surface area contributed by atoms with E-state index >= 15 is 0 Å². The van der Waals surface area contributed by atoms with Gasteiger partial charge in [0.25, 0.3) is 0 Å². The summed E-state index contributed by atoms with van der Waals surface area (Å²) in [7, 11) is 0. The van der Waals surface area contributed by atoms with Crippen molar-refractivity contribution in [1.82, 2.24) is 15.0 Å². The number of hydrogen-bond acceptors (Lipinski definition) is 5. The smallest absolute Gasteiger partial charge is 0.131 e. The summed E-state index contributed by atoms with van der Waals surface area (Å²) in [5.41, 5.74) is 1.20. The second-order valence-electron chi connectivity index (χ2n) is 4.96. The first-order valence-corrected chi connectivity index (χ1v) is 7.41. The molecule has 1 N–H and O–H groups in total. The number of aryl methyl sites for hydroxylation is 1. The Balaban J connectivity index is 1.67. The number of pyridine rings is 1. The number of nitrogens with zero attached hydrogens (tertiary/aromatic N) is 4. The zero-order valence-electron chi connectivity index (χ0n) is 11.3. The Kier molecular flexibility index (Phi) is 3.82. The summed E-state index contributed by atoms with van der Waals surface area (Å²) in [5, 5.41) is 3.44. The standard InChI is InChI=1S/C14H16BrN5/c1-10-6-11(15)7-17-14(10)20-5-3-12(8-20)19-13-2-4-16-9-18-13/h2,4,6-7,9,12H,3,5,8H2,1H3,(H,16,18,19). The lowest BCUT2D eigenvalue weighted by atomic mass is 10.2. The van der Waals surface area contributed by atoms with Gasteiger partial charge in [-0.1, -0.05) is 0 Å². The van der Waals surface area contributed by atoms with Gasteiger partial charge in [0.2, 0.25) is 0 Å². The molecule has 0 aromatic carbocycles. The Labute approximate surface area is 126 Å². The van der Waals surface area contributed by atoms with Crippen LogP contribution in [0.3, 0.4) is 0 Å². The largest absolute Gasteiger partial charge is 0.365 e. The highest BCUT2D eigenvalue weighted by Gasteiger charge is 2.24. The zero-order chi connectivity index (χ0) is 13.9. The average molecular weight is 334 g/mol. The van der Waals surface area contributed by atoms with Crippen molar-refractivity contribution in [3.05, 3.63) is 40.9 Å². The van der Waals surface area contributed by atoms with E-state index in [1.807, 2.05) is 12.3 Å². The molecule has 2 aromatic rings. The number of aromatic nitrogens is 3. The van der Waals surface area contributed by atoms with Gasteiger partial charge in [0.15, 0.2) is 0 Å². The van der Waals surface area contributed by atoms with Crippen molar-refractivity contribution >= 4 is 27.6 Å². The lowest BCUT2D eigenvalue weighted by molar-refractivity contribution is 0.798. The van der Waals surface area contributed by atoms with E-state index in [2.05, 4.69) is 54.1 Å². The number of anilines is 2. The average Bonchev–Trinajstić information content (AvgIpc) is 2.88. The molecule has 0 amide bonds. The van der Waals surface area contributed by atoms with E-state index in [0.717, 1.165) is 35.6 Å². The lowest BCUT2D eigenvalue weighted by Gasteiger charge is -2.20. The summed E-state index contributed by atoms with van der Waals surface area (Å²) >= 11 is 3.45. The van der Waals surface area contributed by atoms with Gasteiger partial charge < -0.3 is 10.2 Å². The van der Waals surface area contributed by atoms with E-state index in [1.165, 1.54) is 5.56 Å². The van der Waals surface area contributed by atoms with E-state index in [1.54, 1.807) is 12.5 Å². The van der Waals surface area contributed by atoms with Crippen molar-refractivity contribution in [3.63, 3.8) is 0 Å². The maximum absolute atomic E-state index is 4.53. The molecule has 0 saturated carbocycles. The highest BCUT2D eigenvalue weighted by Crippen LogP contribution is 2.25. The van der Waals surface area contributed by atoms with Gasteiger partial charge in [-0.3, -0.25) is 0 Å². The van der Waals surface area contributed by atoms with Gasteiger partial charge in [0.1, 0.15) is 18.0 Å². The normalized spacial score (nSPS) is 18.3. The molecule has 1 aliphatic heterocycles. The Bertz CT molecular complexity index is 589. The fourth-order valence-corrected chi connectivity index (χ4v) is 2.97. The summed E-state index contributed by atoms with van der Waals surface area (Å²) in [5.74, 6) is 1.95. The molecule has 2 aromatic heterocycles. The second-order valence-corrected chi connectivity index (χ2v) is 5.88. The van der Waals surface area contributed by atoms with E-state index in [-0.39, 0.29) is 0 Å².